The van der Waals surface area contributed by atoms with E-state index in [0.717, 1.165) is 10.4 Å². The molecule has 2 rings (SSSR count). The van der Waals surface area contributed by atoms with E-state index in [-0.39, 0.29) is 22.0 Å². The Labute approximate surface area is 121 Å². The van der Waals surface area contributed by atoms with Crippen LogP contribution in [0.2, 0.25) is 0 Å². The number of sulfonamides is 1. The van der Waals surface area contributed by atoms with Crippen molar-refractivity contribution < 1.29 is 13.3 Å². The molecule has 8 heteroatoms. The minimum atomic E-state index is -3.78. The Bertz CT molecular complexity index is 775. The minimum absolute atomic E-state index is 0.0192. The van der Waals surface area contributed by atoms with Crippen LogP contribution in [0.25, 0.3) is 0 Å². The number of nitrogen functional groups attached to an aromatic ring is 1. The lowest BCUT2D eigenvalue weighted by molar-refractivity contribution is -0.383. The van der Waals surface area contributed by atoms with E-state index in [4.69, 9.17) is 5.73 Å². The molecule has 2 aromatic carbocycles. The maximum absolute atomic E-state index is 12.4. The summed E-state index contributed by atoms with van der Waals surface area (Å²) in [5, 5.41) is 10.9. The number of nitrogens with zero attached hydrogens (tertiary/aromatic N) is 2. The number of benzene rings is 2. The lowest BCUT2D eigenvalue weighted by Crippen LogP contribution is -2.26. The van der Waals surface area contributed by atoms with Crippen LogP contribution in [0.1, 0.15) is 0 Å². The summed E-state index contributed by atoms with van der Waals surface area (Å²) in [5.74, 6) is 0. The Balaban J connectivity index is 2.48. The average Bonchev–Trinajstić information content (AvgIpc) is 2.47. The molecule has 0 saturated carbocycles. The third-order valence-electron chi connectivity index (χ3n) is 2.98. The Morgan fingerprint density at radius 2 is 1.76 bits per heavy atom. The maximum atomic E-state index is 12.4. The predicted molar refractivity (Wildman–Crippen MR) is 79.5 cm³/mol. The second-order valence-corrected chi connectivity index (χ2v) is 6.26. The number of nitro groups is 1. The summed E-state index contributed by atoms with van der Waals surface area (Å²) in [5.41, 5.74) is 5.32. The molecule has 0 aliphatic rings. The van der Waals surface area contributed by atoms with Crippen molar-refractivity contribution in [2.24, 2.45) is 0 Å². The van der Waals surface area contributed by atoms with Crippen molar-refractivity contribution in [3.8, 4) is 0 Å². The van der Waals surface area contributed by atoms with E-state index >= 15 is 0 Å². The number of hydrogen-bond acceptors (Lipinski definition) is 5. The summed E-state index contributed by atoms with van der Waals surface area (Å²) in [6.45, 7) is 0. The molecule has 110 valence electrons. The molecule has 0 atom stereocenters. The van der Waals surface area contributed by atoms with Crippen LogP contribution in [-0.4, -0.2) is 20.4 Å². The largest absolute Gasteiger partial charge is 0.393 e. The highest BCUT2D eigenvalue weighted by Crippen LogP contribution is 2.29. The van der Waals surface area contributed by atoms with E-state index in [0.29, 0.717) is 0 Å². The summed E-state index contributed by atoms with van der Waals surface area (Å²) < 4.78 is 25.8. The van der Waals surface area contributed by atoms with Gasteiger partial charge in [0.2, 0.25) is 0 Å². The molecule has 0 spiro atoms. The first-order chi connectivity index (χ1) is 9.84. The van der Waals surface area contributed by atoms with Gasteiger partial charge in [-0.2, -0.15) is 0 Å². The van der Waals surface area contributed by atoms with Gasteiger partial charge in [-0.1, -0.05) is 18.2 Å². The molecular formula is C13H13N3O4S. The number of hydrogen-bond donors (Lipinski definition) is 1. The molecule has 7 nitrogen and oxygen atoms in total. The zero-order chi connectivity index (χ0) is 15.6. The van der Waals surface area contributed by atoms with Crippen molar-refractivity contribution in [1.29, 1.82) is 0 Å². The van der Waals surface area contributed by atoms with Gasteiger partial charge >= 0.3 is 0 Å². The van der Waals surface area contributed by atoms with Crippen molar-refractivity contribution in [3.63, 3.8) is 0 Å². The number of anilines is 2. The molecule has 2 aromatic rings. The maximum Gasteiger partial charge on any atom is 0.294 e. The van der Waals surface area contributed by atoms with E-state index < -0.39 is 14.9 Å². The monoisotopic (exact) mass is 307 g/mol. The van der Waals surface area contributed by atoms with Gasteiger partial charge in [0.25, 0.3) is 15.7 Å². The number of nitro benzene ring substituents is 1. The van der Waals surface area contributed by atoms with Crippen LogP contribution in [0, 0.1) is 10.1 Å². The molecule has 0 aliphatic heterocycles. The first kappa shape index (κ1) is 14.8. The summed E-state index contributed by atoms with van der Waals surface area (Å²) >= 11 is 0. The number of rotatable bonds is 4. The normalized spacial score (nSPS) is 11.1. The van der Waals surface area contributed by atoms with E-state index in [2.05, 4.69) is 0 Å². The molecule has 0 heterocycles. The fourth-order valence-electron chi connectivity index (χ4n) is 1.78. The Kier molecular flexibility index (Phi) is 3.81. The highest BCUT2D eigenvalue weighted by molar-refractivity contribution is 7.92. The first-order valence-electron chi connectivity index (χ1n) is 5.92. The van der Waals surface area contributed by atoms with Gasteiger partial charge in [-0.05, 0) is 24.3 Å². The topological polar surface area (TPSA) is 107 Å². The summed E-state index contributed by atoms with van der Waals surface area (Å²) in [4.78, 5) is 10.3. The number of nitrogens with two attached hydrogens (primary N) is 1. The van der Waals surface area contributed by atoms with Gasteiger partial charge < -0.3 is 5.73 Å². The quantitative estimate of drug-likeness (QED) is 0.528. The molecular weight excluding hydrogens is 294 g/mol. The summed E-state index contributed by atoms with van der Waals surface area (Å²) in [7, 11) is -2.45. The third-order valence-corrected chi connectivity index (χ3v) is 4.78. The van der Waals surface area contributed by atoms with Gasteiger partial charge in [-0.15, -0.1) is 0 Å². The second kappa shape index (κ2) is 5.41. The van der Waals surface area contributed by atoms with Crippen molar-refractivity contribution in [1.82, 2.24) is 0 Å². The van der Waals surface area contributed by atoms with Crippen LogP contribution in [0.15, 0.2) is 53.4 Å². The van der Waals surface area contributed by atoms with E-state index in [1.807, 2.05) is 0 Å². The van der Waals surface area contributed by atoms with Gasteiger partial charge in [0, 0.05) is 13.1 Å². The van der Waals surface area contributed by atoms with E-state index in [1.165, 1.54) is 31.3 Å². The average molecular weight is 307 g/mol. The van der Waals surface area contributed by atoms with Crippen LogP contribution in [0.5, 0.6) is 0 Å². The lowest BCUT2D eigenvalue weighted by atomic mass is 10.2. The van der Waals surface area contributed by atoms with E-state index in [1.54, 1.807) is 18.2 Å². The van der Waals surface area contributed by atoms with Crippen molar-refractivity contribution in [2.75, 3.05) is 17.1 Å². The van der Waals surface area contributed by atoms with Crippen LogP contribution in [-0.2, 0) is 10.0 Å². The smallest absolute Gasteiger partial charge is 0.294 e. The Hall–Kier alpha value is -2.61. The molecule has 0 radical (unpaired) electrons. The van der Waals surface area contributed by atoms with Gasteiger partial charge in [-0.25, -0.2) is 8.42 Å². The molecule has 2 N–H and O–H groups in total. The second-order valence-electron chi connectivity index (χ2n) is 4.29. The van der Waals surface area contributed by atoms with Gasteiger partial charge in [0.1, 0.15) is 5.69 Å². The van der Waals surface area contributed by atoms with Gasteiger partial charge in [0.05, 0.1) is 15.5 Å². The van der Waals surface area contributed by atoms with Crippen LogP contribution in [0.3, 0.4) is 0 Å². The van der Waals surface area contributed by atoms with Crippen molar-refractivity contribution in [2.45, 2.75) is 4.90 Å². The molecule has 0 amide bonds. The zero-order valence-corrected chi connectivity index (χ0v) is 11.9. The predicted octanol–water partition coefficient (Wildman–Crippen LogP) is 2.00. The molecule has 0 unspecified atom stereocenters. The highest BCUT2D eigenvalue weighted by atomic mass is 32.2. The van der Waals surface area contributed by atoms with Crippen LogP contribution < -0.4 is 10.0 Å². The lowest BCUT2D eigenvalue weighted by Gasteiger charge is -2.19. The molecule has 21 heavy (non-hydrogen) atoms. The fourth-order valence-corrected chi connectivity index (χ4v) is 2.98. The van der Waals surface area contributed by atoms with Gasteiger partial charge in [-0.3, -0.25) is 14.4 Å². The molecule has 0 aliphatic carbocycles. The zero-order valence-electron chi connectivity index (χ0n) is 11.1. The van der Waals surface area contributed by atoms with Crippen LogP contribution in [0.4, 0.5) is 17.1 Å². The van der Waals surface area contributed by atoms with Gasteiger partial charge in [0.15, 0.2) is 0 Å². The van der Waals surface area contributed by atoms with Crippen molar-refractivity contribution >= 4 is 27.1 Å². The minimum Gasteiger partial charge on any atom is -0.393 e. The van der Waals surface area contributed by atoms with Crippen molar-refractivity contribution in [3.05, 3.63) is 58.6 Å². The third kappa shape index (κ3) is 2.79. The fraction of sp³-hybridized carbons (Fsp3) is 0.0769. The highest BCUT2D eigenvalue weighted by Gasteiger charge is 2.23. The Morgan fingerprint density at radius 1 is 1.14 bits per heavy atom. The standard InChI is InChI=1S/C13H13N3O4S/c1-15(21(19,20)11-5-3-2-4-6-11)10-7-8-12(14)13(9-10)16(17)18/h2-9H,14H2,1H3. The van der Waals surface area contributed by atoms with Crippen LogP contribution >= 0.6 is 0 Å². The molecule has 0 bridgehead atoms. The first-order valence-corrected chi connectivity index (χ1v) is 7.36. The molecule has 0 saturated heterocycles. The summed E-state index contributed by atoms with van der Waals surface area (Å²) in [6, 6.07) is 11.7. The SMILES string of the molecule is CN(c1ccc(N)c([N+](=O)[O-])c1)S(=O)(=O)c1ccccc1. The molecule has 0 aromatic heterocycles. The Morgan fingerprint density at radius 3 is 2.33 bits per heavy atom. The molecule has 0 fully saturated rings. The van der Waals surface area contributed by atoms with E-state index in [9.17, 15) is 18.5 Å². The summed E-state index contributed by atoms with van der Waals surface area (Å²) in [6.07, 6.45) is 0.